The highest BCUT2D eigenvalue weighted by atomic mass is 16.6. The van der Waals surface area contributed by atoms with Crippen molar-refractivity contribution >= 4 is 17.9 Å². The van der Waals surface area contributed by atoms with Crippen LogP contribution in [0.2, 0.25) is 0 Å². The maximum absolute atomic E-state index is 10.3. The molecule has 0 saturated carbocycles. The maximum atomic E-state index is 10.3. The SMILES string of the molecule is CC=CC(=O)O.CCC(=O)OC(=O)CC. The van der Waals surface area contributed by atoms with Gasteiger partial charge < -0.3 is 9.84 Å². The summed E-state index contributed by atoms with van der Waals surface area (Å²) in [5.74, 6) is -1.80. The van der Waals surface area contributed by atoms with Gasteiger partial charge in [0.05, 0.1) is 0 Å². The first-order valence-corrected chi connectivity index (χ1v) is 4.56. The molecule has 86 valence electrons. The van der Waals surface area contributed by atoms with Crippen LogP contribution in [0.4, 0.5) is 0 Å². The molecular formula is C10H16O5. The molecule has 0 atom stereocenters. The summed E-state index contributed by atoms with van der Waals surface area (Å²) in [5.41, 5.74) is 0. The van der Waals surface area contributed by atoms with Crippen LogP contribution in [0.5, 0.6) is 0 Å². The summed E-state index contributed by atoms with van der Waals surface area (Å²) in [6.45, 7) is 4.95. The van der Waals surface area contributed by atoms with Crippen LogP contribution in [0.25, 0.3) is 0 Å². The van der Waals surface area contributed by atoms with Crippen LogP contribution in [0, 0.1) is 0 Å². The van der Waals surface area contributed by atoms with E-state index in [4.69, 9.17) is 5.11 Å². The topological polar surface area (TPSA) is 80.7 Å². The van der Waals surface area contributed by atoms with E-state index in [9.17, 15) is 14.4 Å². The number of aliphatic carboxylic acids is 1. The van der Waals surface area contributed by atoms with Crippen molar-refractivity contribution in [2.45, 2.75) is 33.6 Å². The van der Waals surface area contributed by atoms with Gasteiger partial charge in [0.25, 0.3) is 0 Å². The normalized spacial score (nSPS) is 9.00. The van der Waals surface area contributed by atoms with Crippen LogP contribution in [0.1, 0.15) is 33.6 Å². The molecule has 0 amide bonds. The lowest BCUT2D eigenvalue weighted by atomic mass is 10.5. The number of rotatable bonds is 3. The van der Waals surface area contributed by atoms with E-state index in [0.29, 0.717) is 0 Å². The summed E-state index contributed by atoms with van der Waals surface area (Å²) in [5, 5.41) is 7.83. The molecule has 0 aliphatic carbocycles. The van der Waals surface area contributed by atoms with E-state index in [0.717, 1.165) is 6.08 Å². The lowest BCUT2D eigenvalue weighted by molar-refractivity contribution is -0.159. The Hall–Kier alpha value is -1.65. The van der Waals surface area contributed by atoms with E-state index >= 15 is 0 Å². The van der Waals surface area contributed by atoms with E-state index in [1.54, 1.807) is 20.8 Å². The van der Waals surface area contributed by atoms with Gasteiger partial charge in [-0.3, -0.25) is 9.59 Å². The van der Waals surface area contributed by atoms with Crippen molar-refractivity contribution < 1.29 is 24.2 Å². The zero-order chi connectivity index (χ0) is 12.3. The van der Waals surface area contributed by atoms with Crippen LogP contribution in [-0.4, -0.2) is 23.0 Å². The molecule has 0 saturated heterocycles. The molecule has 0 fully saturated rings. The Morgan fingerprint density at radius 2 is 1.53 bits per heavy atom. The second-order valence-electron chi connectivity index (χ2n) is 2.39. The van der Waals surface area contributed by atoms with Crippen molar-refractivity contribution in [1.29, 1.82) is 0 Å². The van der Waals surface area contributed by atoms with Crippen molar-refractivity contribution in [3.8, 4) is 0 Å². The summed E-state index contributed by atoms with van der Waals surface area (Å²) in [7, 11) is 0. The van der Waals surface area contributed by atoms with Gasteiger partial charge in [-0.1, -0.05) is 19.9 Å². The fourth-order valence-electron chi connectivity index (χ4n) is 0.414. The van der Waals surface area contributed by atoms with Crippen LogP contribution >= 0.6 is 0 Å². The van der Waals surface area contributed by atoms with E-state index in [1.165, 1.54) is 6.08 Å². The van der Waals surface area contributed by atoms with Crippen molar-refractivity contribution in [3.63, 3.8) is 0 Å². The quantitative estimate of drug-likeness (QED) is 0.439. The highest BCUT2D eigenvalue weighted by Crippen LogP contribution is 1.88. The molecule has 0 heterocycles. The number of hydrogen-bond donors (Lipinski definition) is 1. The molecule has 5 nitrogen and oxygen atoms in total. The van der Waals surface area contributed by atoms with Gasteiger partial charge in [-0.25, -0.2) is 4.79 Å². The summed E-state index contributed by atoms with van der Waals surface area (Å²) < 4.78 is 4.27. The standard InChI is InChI=1S/C6H10O3.C4H6O2/c1-3-5(7)9-6(8)4-2;1-2-3-4(5)6/h3-4H2,1-2H3;2-3H,1H3,(H,5,6). The van der Waals surface area contributed by atoms with Gasteiger partial charge in [-0.15, -0.1) is 0 Å². The number of carboxylic acids is 1. The van der Waals surface area contributed by atoms with Gasteiger partial charge >= 0.3 is 17.9 Å². The zero-order valence-electron chi connectivity index (χ0n) is 9.15. The van der Waals surface area contributed by atoms with Gasteiger partial charge in [0, 0.05) is 18.9 Å². The largest absolute Gasteiger partial charge is 0.478 e. The molecule has 0 rings (SSSR count). The average Bonchev–Trinajstić information content (AvgIpc) is 2.18. The molecule has 0 bridgehead atoms. The number of hydrogen-bond acceptors (Lipinski definition) is 4. The molecule has 1 N–H and O–H groups in total. The predicted molar refractivity (Wildman–Crippen MR) is 54.1 cm³/mol. The molecule has 0 aliphatic heterocycles. The maximum Gasteiger partial charge on any atom is 0.327 e. The summed E-state index contributed by atoms with van der Waals surface area (Å²) in [6, 6.07) is 0. The average molecular weight is 216 g/mol. The fourth-order valence-corrected chi connectivity index (χ4v) is 0.414. The Kier molecular flexibility index (Phi) is 11.0. The smallest absolute Gasteiger partial charge is 0.327 e. The zero-order valence-corrected chi connectivity index (χ0v) is 9.15. The van der Waals surface area contributed by atoms with Crippen molar-refractivity contribution in [3.05, 3.63) is 12.2 Å². The van der Waals surface area contributed by atoms with E-state index in [1.807, 2.05) is 0 Å². The van der Waals surface area contributed by atoms with Crippen LogP contribution in [0.15, 0.2) is 12.2 Å². The number of esters is 2. The summed E-state index contributed by atoms with van der Waals surface area (Å²) >= 11 is 0. The first-order valence-electron chi connectivity index (χ1n) is 4.56. The monoisotopic (exact) mass is 216 g/mol. The van der Waals surface area contributed by atoms with Crippen LogP contribution in [-0.2, 0) is 19.1 Å². The van der Waals surface area contributed by atoms with Gasteiger partial charge in [-0.2, -0.15) is 0 Å². The lowest BCUT2D eigenvalue weighted by Gasteiger charge is -1.95. The highest BCUT2D eigenvalue weighted by Gasteiger charge is 2.03. The Balaban J connectivity index is 0. The first kappa shape index (κ1) is 15.8. The summed E-state index contributed by atoms with van der Waals surface area (Å²) in [6.07, 6.45) is 3.07. The Bertz CT molecular complexity index is 228. The second-order valence-corrected chi connectivity index (χ2v) is 2.39. The Morgan fingerprint density at radius 3 is 1.67 bits per heavy atom. The molecule has 15 heavy (non-hydrogen) atoms. The van der Waals surface area contributed by atoms with E-state index < -0.39 is 17.9 Å². The van der Waals surface area contributed by atoms with Crippen LogP contribution < -0.4 is 0 Å². The molecule has 0 unspecified atom stereocenters. The molecular weight excluding hydrogens is 200 g/mol. The molecule has 0 aromatic heterocycles. The highest BCUT2D eigenvalue weighted by molar-refractivity contribution is 5.84. The molecule has 0 radical (unpaired) electrons. The number of ether oxygens (including phenoxy) is 1. The molecule has 0 aliphatic rings. The minimum atomic E-state index is -0.891. The van der Waals surface area contributed by atoms with Gasteiger partial charge in [0.15, 0.2) is 0 Å². The number of carbonyl (C=O) groups is 3. The van der Waals surface area contributed by atoms with Crippen molar-refractivity contribution in [1.82, 2.24) is 0 Å². The third kappa shape index (κ3) is 15.1. The predicted octanol–water partition coefficient (Wildman–Crippen LogP) is 1.52. The third-order valence-corrected chi connectivity index (χ3v) is 1.11. The van der Waals surface area contributed by atoms with Gasteiger partial charge in [0.2, 0.25) is 0 Å². The minimum absolute atomic E-state index is 0.256. The molecule has 0 spiro atoms. The molecule has 0 aromatic carbocycles. The Labute approximate surface area is 88.7 Å². The first-order chi connectivity index (χ1) is 6.97. The summed E-state index contributed by atoms with van der Waals surface area (Å²) in [4.78, 5) is 30.2. The van der Waals surface area contributed by atoms with Crippen LogP contribution in [0.3, 0.4) is 0 Å². The van der Waals surface area contributed by atoms with E-state index in [-0.39, 0.29) is 12.8 Å². The minimum Gasteiger partial charge on any atom is -0.478 e. The lowest BCUT2D eigenvalue weighted by Crippen LogP contribution is -2.09. The van der Waals surface area contributed by atoms with Crippen molar-refractivity contribution in [2.75, 3.05) is 0 Å². The van der Waals surface area contributed by atoms with Gasteiger partial charge in [0.1, 0.15) is 0 Å². The Morgan fingerprint density at radius 1 is 1.13 bits per heavy atom. The van der Waals surface area contributed by atoms with E-state index in [2.05, 4.69) is 4.74 Å². The van der Waals surface area contributed by atoms with Gasteiger partial charge in [-0.05, 0) is 6.92 Å². The number of carboxylic acid groups (broad SMARTS) is 1. The number of carbonyl (C=O) groups excluding carboxylic acids is 2. The molecule has 5 heteroatoms. The fraction of sp³-hybridized carbons (Fsp3) is 0.500. The molecule has 0 aromatic rings. The van der Waals surface area contributed by atoms with Crippen molar-refractivity contribution in [2.24, 2.45) is 0 Å². The third-order valence-electron chi connectivity index (χ3n) is 1.11. The second kappa shape index (κ2) is 10.4. The number of allylic oxidation sites excluding steroid dienone is 1.